The molecule has 0 aliphatic carbocycles. The molecule has 0 saturated heterocycles. The second-order valence-electron chi connectivity index (χ2n) is 4.82. The number of aromatic nitrogens is 1. The van der Waals surface area contributed by atoms with Crippen molar-refractivity contribution in [2.24, 2.45) is 0 Å². The minimum Gasteiger partial charge on any atom is -0.463 e. The number of hydrogen-bond donors (Lipinski definition) is 1. The molecule has 0 atom stereocenters. The van der Waals surface area contributed by atoms with Crippen LogP contribution in [0.3, 0.4) is 0 Å². The van der Waals surface area contributed by atoms with Crippen molar-refractivity contribution in [3.05, 3.63) is 43.7 Å². The molecule has 0 unspecified atom stereocenters. The highest BCUT2D eigenvalue weighted by atomic mass is 32.1. The fourth-order valence-corrected chi connectivity index (χ4v) is 3.04. The Hall–Kier alpha value is -1.92. The third-order valence-corrected chi connectivity index (χ3v) is 4.16. The van der Waals surface area contributed by atoms with E-state index in [9.17, 15) is 4.79 Å². The zero-order chi connectivity index (χ0) is 16.1. The summed E-state index contributed by atoms with van der Waals surface area (Å²) in [6.45, 7) is 2.13. The number of carbonyl (C=O) groups is 1. The molecule has 0 fully saturated rings. The highest BCUT2D eigenvalue weighted by Gasteiger charge is 1.99. The first-order valence-corrected chi connectivity index (χ1v) is 8.09. The van der Waals surface area contributed by atoms with E-state index in [1.54, 1.807) is 6.92 Å². The molecule has 1 aromatic carbocycles. The first-order chi connectivity index (χ1) is 10.5. The Bertz CT molecular complexity index is 817. The van der Waals surface area contributed by atoms with Gasteiger partial charge in [0, 0.05) is 25.9 Å². The third-order valence-electron chi connectivity index (χ3n) is 2.96. The average Bonchev–Trinajstić information content (AvgIpc) is 2.79. The summed E-state index contributed by atoms with van der Waals surface area (Å²) in [4.78, 5) is 16.7. The Morgan fingerprint density at radius 2 is 2.05 bits per heavy atom. The number of carbonyl (C=O) groups excluding carboxylic acids is 1. The molecule has 0 saturated carbocycles. The number of anilines is 1. The molecule has 1 N–H and O–H groups in total. The fraction of sp³-hybridized carbons (Fsp3) is 0.250. The Balaban J connectivity index is 2.44. The van der Waals surface area contributed by atoms with Crippen LogP contribution in [-0.4, -0.2) is 31.7 Å². The van der Waals surface area contributed by atoms with Crippen molar-refractivity contribution in [2.45, 2.75) is 6.92 Å². The van der Waals surface area contributed by atoms with Gasteiger partial charge in [-0.2, -0.15) is 0 Å². The summed E-state index contributed by atoms with van der Waals surface area (Å²) in [6.07, 6.45) is 3.44. The predicted molar refractivity (Wildman–Crippen MR) is 94.2 cm³/mol. The number of thiazole rings is 1. The maximum atomic E-state index is 11.6. The van der Waals surface area contributed by atoms with Gasteiger partial charge in [0.25, 0.3) is 0 Å². The molecule has 0 aliphatic rings. The van der Waals surface area contributed by atoms with Crippen LogP contribution in [0.5, 0.6) is 0 Å². The summed E-state index contributed by atoms with van der Waals surface area (Å²) >= 11 is 6.61. The third kappa shape index (κ3) is 4.29. The molecular formula is C16H18N2O2S2. The molecule has 2 aromatic rings. The minimum absolute atomic E-state index is 0.352. The summed E-state index contributed by atoms with van der Waals surface area (Å²) in [6, 6.07) is 8.16. The Labute approximate surface area is 138 Å². The van der Waals surface area contributed by atoms with Gasteiger partial charge >= 0.3 is 5.97 Å². The lowest BCUT2D eigenvalue weighted by Gasteiger charge is -2.11. The van der Waals surface area contributed by atoms with E-state index < -0.39 is 0 Å². The Morgan fingerprint density at radius 1 is 1.36 bits per heavy atom. The van der Waals surface area contributed by atoms with Crippen molar-refractivity contribution >= 4 is 47.4 Å². The van der Waals surface area contributed by atoms with Crippen LogP contribution in [0.25, 0.3) is 12.2 Å². The van der Waals surface area contributed by atoms with Crippen LogP contribution in [0, 0.1) is 3.95 Å². The van der Waals surface area contributed by atoms with Gasteiger partial charge in [0.1, 0.15) is 0 Å². The van der Waals surface area contributed by atoms with Crippen molar-refractivity contribution < 1.29 is 9.53 Å². The van der Waals surface area contributed by atoms with Gasteiger partial charge in [0.15, 0.2) is 3.95 Å². The summed E-state index contributed by atoms with van der Waals surface area (Å²) in [7, 11) is 4.01. The van der Waals surface area contributed by atoms with Crippen LogP contribution in [0.1, 0.15) is 12.5 Å². The van der Waals surface area contributed by atoms with Gasteiger partial charge in [-0.1, -0.05) is 12.1 Å². The molecule has 1 aromatic heterocycles. The van der Waals surface area contributed by atoms with Crippen molar-refractivity contribution in [1.82, 2.24) is 4.98 Å². The lowest BCUT2D eigenvalue weighted by molar-refractivity contribution is -0.135. The molecule has 1 heterocycles. The lowest BCUT2D eigenvalue weighted by Crippen LogP contribution is -2.23. The quantitative estimate of drug-likeness (QED) is 0.687. The summed E-state index contributed by atoms with van der Waals surface area (Å²) < 4.78 is 6.48. The first-order valence-electron chi connectivity index (χ1n) is 6.86. The number of H-pyrrole nitrogens is 1. The lowest BCUT2D eigenvalue weighted by atomic mass is 10.2. The molecule has 6 heteroatoms. The minimum atomic E-state index is -0.371. The van der Waals surface area contributed by atoms with E-state index in [0.717, 1.165) is 15.8 Å². The van der Waals surface area contributed by atoms with E-state index in [0.29, 0.717) is 15.9 Å². The van der Waals surface area contributed by atoms with Crippen LogP contribution in [0.2, 0.25) is 0 Å². The molecule has 0 radical (unpaired) electrons. The number of esters is 1. The van der Waals surface area contributed by atoms with Crippen LogP contribution in [0.4, 0.5) is 5.69 Å². The average molecular weight is 334 g/mol. The number of rotatable bonds is 4. The SMILES string of the molecule is CCOC(=O)/C=c1\[nH]c(=S)s\c1=C/c1ccc(N(C)C)cc1. The summed E-state index contributed by atoms with van der Waals surface area (Å²) in [5.74, 6) is -0.371. The van der Waals surface area contributed by atoms with Gasteiger partial charge in [-0.3, -0.25) is 0 Å². The number of nitrogens with one attached hydrogen (secondary N) is 1. The Kier molecular flexibility index (Phi) is 5.51. The van der Waals surface area contributed by atoms with Gasteiger partial charge in [0.2, 0.25) is 0 Å². The number of ether oxygens (including phenoxy) is 1. The predicted octanol–water partition coefficient (Wildman–Crippen LogP) is 2.04. The first kappa shape index (κ1) is 16.5. The van der Waals surface area contributed by atoms with Gasteiger partial charge in [-0.15, -0.1) is 11.3 Å². The Morgan fingerprint density at radius 3 is 2.64 bits per heavy atom. The zero-order valence-electron chi connectivity index (χ0n) is 12.8. The van der Waals surface area contributed by atoms with E-state index in [1.807, 2.05) is 49.3 Å². The van der Waals surface area contributed by atoms with Crippen molar-refractivity contribution in [3.63, 3.8) is 0 Å². The van der Waals surface area contributed by atoms with Crippen LogP contribution in [0.15, 0.2) is 24.3 Å². The standard InChI is InChI=1S/C16H18N2O2S2/c1-4-20-15(19)10-13-14(22-16(21)17-13)9-11-5-7-12(8-6-11)18(2)3/h5-10H,4H2,1-3H3,(H,17,21)/b13-10-,14-9-. The van der Waals surface area contributed by atoms with Crippen LogP contribution >= 0.6 is 23.6 Å². The molecule has 0 aliphatic heterocycles. The van der Waals surface area contributed by atoms with E-state index in [2.05, 4.69) is 4.98 Å². The second kappa shape index (κ2) is 7.38. The van der Waals surface area contributed by atoms with E-state index in [4.69, 9.17) is 17.0 Å². The molecule has 2 rings (SSSR count). The second-order valence-corrected chi connectivity index (χ2v) is 6.54. The van der Waals surface area contributed by atoms with E-state index in [-0.39, 0.29) is 5.97 Å². The van der Waals surface area contributed by atoms with Gasteiger partial charge < -0.3 is 14.6 Å². The molecule has 116 valence electrons. The summed E-state index contributed by atoms with van der Waals surface area (Å²) in [5, 5.41) is 0.685. The molecular weight excluding hydrogens is 316 g/mol. The smallest absolute Gasteiger partial charge is 0.332 e. The largest absolute Gasteiger partial charge is 0.463 e. The normalized spacial score (nSPS) is 12.5. The number of aromatic amines is 1. The zero-order valence-corrected chi connectivity index (χ0v) is 14.4. The molecule has 22 heavy (non-hydrogen) atoms. The van der Waals surface area contributed by atoms with Crippen molar-refractivity contribution in [1.29, 1.82) is 0 Å². The van der Waals surface area contributed by atoms with Crippen LogP contribution in [-0.2, 0) is 9.53 Å². The van der Waals surface area contributed by atoms with Crippen molar-refractivity contribution in [2.75, 3.05) is 25.6 Å². The highest BCUT2D eigenvalue weighted by Crippen LogP contribution is 2.12. The van der Waals surface area contributed by atoms with Gasteiger partial charge in [0.05, 0.1) is 16.5 Å². The molecule has 0 spiro atoms. The maximum absolute atomic E-state index is 11.6. The monoisotopic (exact) mass is 334 g/mol. The number of nitrogens with zero attached hydrogens (tertiary/aromatic N) is 1. The maximum Gasteiger partial charge on any atom is 0.332 e. The highest BCUT2D eigenvalue weighted by molar-refractivity contribution is 7.73. The summed E-state index contributed by atoms with van der Waals surface area (Å²) in [5.41, 5.74) is 2.19. The van der Waals surface area contributed by atoms with E-state index >= 15 is 0 Å². The molecule has 0 bridgehead atoms. The van der Waals surface area contributed by atoms with Crippen LogP contribution < -0.4 is 14.8 Å². The van der Waals surface area contributed by atoms with Gasteiger partial charge in [-0.25, -0.2) is 4.79 Å². The van der Waals surface area contributed by atoms with Crippen molar-refractivity contribution in [3.8, 4) is 0 Å². The molecule has 0 amide bonds. The van der Waals surface area contributed by atoms with E-state index in [1.165, 1.54) is 17.4 Å². The van der Waals surface area contributed by atoms with Gasteiger partial charge in [-0.05, 0) is 42.9 Å². The molecule has 4 nitrogen and oxygen atoms in total. The fourth-order valence-electron chi connectivity index (χ4n) is 1.89. The topological polar surface area (TPSA) is 45.3 Å². The number of hydrogen-bond acceptors (Lipinski definition) is 5. The number of benzene rings is 1.